The van der Waals surface area contributed by atoms with Gasteiger partial charge in [-0.05, 0) is 42.2 Å². The fourth-order valence-corrected chi connectivity index (χ4v) is 3.69. The van der Waals surface area contributed by atoms with Crippen molar-refractivity contribution < 1.29 is 14.3 Å². The van der Waals surface area contributed by atoms with Gasteiger partial charge in [-0.2, -0.15) is 11.3 Å². The first-order valence-electron chi connectivity index (χ1n) is 9.54. The van der Waals surface area contributed by atoms with Crippen LogP contribution in [0.15, 0.2) is 41.1 Å². The summed E-state index contributed by atoms with van der Waals surface area (Å²) >= 11 is 1.47. The number of nitrogens with zero attached hydrogens (tertiary/aromatic N) is 1. The third-order valence-corrected chi connectivity index (χ3v) is 5.33. The Morgan fingerprint density at radius 3 is 2.61 bits per heavy atom. The van der Waals surface area contributed by atoms with Gasteiger partial charge in [0.05, 0.1) is 13.2 Å². The van der Waals surface area contributed by atoms with Crippen LogP contribution >= 0.6 is 11.3 Å². The van der Waals surface area contributed by atoms with Gasteiger partial charge < -0.3 is 15.4 Å². The van der Waals surface area contributed by atoms with E-state index in [1.54, 1.807) is 18.6 Å². The summed E-state index contributed by atoms with van der Waals surface area (Å²) in [5.74, 6) is 0.578. The van der Waals surface area contributed by atoms with Crippen LogP contribution in [0.1, 0.15) is 42.2 Å². The maximum absolute atomic E-state index is 12.3. The van der Waals surface area contributed by atoms with Crippen LogP contribution in [0.4, 0.5) is 0 Å². The zero-order valence-electron chi connectivity index (χ0n) is 16.7. The molecule has 0 radical (unpaired) electrons. The number of benzene rings is 1. The molecule has 1 aromatic carbocycles. The molecule has 0 saturated heterocycles. The lowest BCUT2D eigenvalue weighted by Crippen LogP contribution is -2.39. The third kappa shape index (κ3) is 6.35. The number of carbonyl (C=O) groups is 2. The van der Waals surface area contributed by atoms with Gasteiger partial charge in [0.2, 0.25) is 5.91 Å². The molecule has 1 heterocycles. The van der Waals surface area contributed by atoms with Gasteiger partial charge in [0, 0.05) is 30.5 Å². The van der Waals surface area contributed by atoms with Gasteiger partial charge in [-0.15, -0.1) is 0 Å². The molecule has 0 unspecified atom stereocenters. The van der Waals surface area contributed by atoms with Crippen molar-refractivity contribution in [2.75, 3.05) is 33.3 Å². The second-order valence-corrected chi connectivity index (χ2v) is 7.12. The molecule has 0 bridgehead atoms. The third-order valence-electron chi connectivity index (χ3n) is 4.65. The number of methoxy groups -OCH3 is 1. The summed E-state index contributed by atoms with van der Waals surface area (Å²) < 4.78 is 5.34. The van der Waals surface area contributed by atoms with E-state index in [1.807, 2.05) is 23.6 Å². The maximum atomic E-state index is 12.3. The van der Waals surface area contributed by atoms with Gasteiger partial charge in [-0.1, -0.05) is 26.0 Å². The molecule has 0 fully saturated rings. The number of carbonyl (C=O) groups excluding carboxylic acids is 2. The Hall–Kier alpha value is -2.38. The number of hydrogen-bond donors (Lipinski definition) is 2. The first kappa shape index (κ1) is 21.9. The second kappa shape index (κ2) is 11.5. The summed E-state index contributed by atoms with van der Waals surface area (Å²) in [6.45, 7) is 6.80. The fourth-order valence-electron chi connectivity index (χ4n) is 3.06. The molecule has 1 aromatic heterocycles. The fraction of sp³-hybridized carbons (Fsp3) is 0.429. The Balaban J connectivity index is 1.89. The lowest BCUT2D eigenvalue weighted by atomic mass is 10.0. The molecule has 6 nitrogen and oxygen atoms in total. The van der Waals surface area contributed by atoms with Gasteiger partial charge >= 0.3 is 0 Å². The zero-order chi connectivity index (χ0) is 20.4. The molecule has 0 spiro atoms. The minimum atomic E-state index is -0.147. The first-order valence-corrected chi connectivity index (χ1v) is 10.5. The molecule has 2 amide bonds. The molecule has 1 atom stereocenters. The van der Waals surface area contributed by atoms with E-state index >= 15 is 0 Å². The monoisotopic (exact) mass is 403 g/mol. The van der Waals surface area contributed by atoms with Crippen molar-refractivity contribution in [1.82, 2.24) is 15.5 Å². The van der Waals surface area contributed by atoms with Crippen LogP contribution in [0, 0.1) is 0 Å². The van der Waals surface area contributed by atoms with Gasteiger partial charge in [-0.25, -0.2) is 0 Å². The van der Waals surface area contributed by atoms with Crippen LogP contribution in [-0.4, -0.2) is 50.0 Å². The highest BCUT2D eigenvalue weighted by molar-refractivity contribution is 7.08. The van der Waals surface area contributed by atoms with Gasteiger partial charge in [-0.3, -0.25) is 14.5 Å². The number of ether oxygens (including phenoxy) is 1. The van der Waals surface area contributed by atoms with E-state index in [9.17, 15) is 9.59 Å². The molecule has 2 rings (SSSR count). The van der Waals surface area contributed by atoms with Crippen molar-refractivity contribution >= 4 is 23.2 Å². The van der Waals surface area contributed by atoms with E-state index in [0.717, 1.165) is 24.4 Å². The van der Waals surface area contributed by atoms with Crippen LogP contribution in [0.3, 0.4) is 0 Å². The highest BCUT2D eigenvalue weighted by Crippen LogP contribution is 2.23. The number of nitrogens with one attached hydrogen (secondary N) is 2. The van der Waals surface area contributed by atoms with E-state index in [4.69, 9.17) is 4.74 Å². The van der Waals surface area contributed by atoms with Gasteiger partial charge in [0.15, 0.2) is 0 Å². The normalized spacial score (nSPS) is 11.9. The van der Waals surface area contributed by atoms with E-state index in [-0.39, 0.29) is 24.3 Å². The molecule has 28 heavy (non-hydrogen) atoms. The van der Waals surface area contributed by atoms with Crippen molar-refractivity contribution in [3.05, 3.63) is 52.2 Å². The molecule has 7 heteroatoms. The predicted octanol–water partition coefficient (Wildman–Crippen LogP) is 3.08. The van der Waals surface area contributed by atoms with Crippen LogP contribution in [0.2, 0.25) is 0 Å². The standard InChI is InChI=1S/C21H29N3O3S/c1-4-24(5-2)19(16-7-6-8-18(13-16)27-3)14-23-20(25)9-11-22-21(26)17-10-12-28-15-17/h6-8,10,12-13,15,19H,4-5,9,11,14H2,1-3H3,(H,22,26)(H,23,25)/t19-/m0/s1. The average molecular weight is 404 g/mol. The summed E-state index contributed by atoms with van der Waals surface area (Å²) in [7, 11) is 1.65. The number of thiophene rings is 1. The van der Waals surface area contributed by atoms with Crippen molar-refractivity contribution in [3.63, 3.8) is 0 Å². The maximum Gasteiger partial charge on any atom is 0.252 e. The van der Waals surface area contributed by atoms with E-state index in [1.165, 1.54) is 11.3 Å². The average Bonchev–Trinajstić information content (AvgIpc) is 3.26. The molecule has 0 aliphatic carbocycles. The minimum Gasteiger partial charge on any atom is -0.497 e. The quantitative estimate of drug-likeness (QED) is 0.605. The molecular weight excluding hydrogens is 374 g/mol. The Morgan fingerprint density at radius 2 is 1.96 bits per heavy atom. The van der Waals surface area contributed by atoms with Crippen molar-refractivity contribution in [2.45, 2.75) is 26.3 Å². The van der Waals surface area contributed by atoms with Crippen molar-refractivity contribution in [2.24, 2.45) is 0 Å². The lowest BCUT2D eigenvalue weighted by molar-refractivity contribution is -0.121. The number of amides is 2. The summed E-state index contributed by atoms with van der Waals surface area (Å²) in [6, 6.07) is 9.77. The first-order chi connectivity index (χ1) is 13.6. The van der Waals surface area contributed by atoms with Gasteiger partial charge in [0.25, 0.3) is 5.91 Å². The van der Waals surface area contributed by atoms with E-state index < -0.39 is 0 Å². The molecule has 2 aromatic rings. The topological polar surface area (TPSA) is 70.7 Å². The Bertz CT molecular complexity index is 745. The molecule has 0 aliphatic rings. The smallest absolute Gasteiger partial charge is 0.252 e. The van der Waals surface area contributed by atoms with Crippen molar-refractivity contribution in [1.29, 1.82) is 0 Å². The number of hydrogen-bond acceptors (Lipinski definition) is 5. The molecular formula is C21H29N3O3S. The van der Waals surface area contributed by atoms with E-state index in [0.29, 0.717) is 18.7 Å². The number of rotatable bonds is 11. The van der Waals surface area contributed by atoms with Crippen LogP contribution in [0.5, 0.6) is 5.75 Å². The predicted molar refractivity (Wildman–Crippen MR) is 113 cm³/mol. The summed E-state index contributed by atoms with van der Waals surface area (Å²) in [4.78, 5) is 26.5. The minimum absolute atomic E-state index is 0.0643. The van der Waals surface area contributed by atoms with Crippen molar-refractivity contribution in [3.8, 4) is 5.75 Å². The highest BCUT2D eigenvalue weighted by Gasteiger charge is 2.19. The molecule has 0 saturated carbocycles. The Morgan fingerprint density at radius 1 is 1.18 bits per heavy atom. The second-order valence-electron chi connectivity index (χ2n) is 6.34. The Labute approximate surface area is 170 Å². The highest BCUT2D eigenvalue weighted by atomic mass is 32.1. The Kier molecular flexibility index (Phi) is 8.97. The number of likely N-dealkylation sites (N-methyl/N-ethyl adjacent to an activating group) is 1. The summed E-state index contributed by atoms with van der Waals surface area (Å²) in [5.41, 5.74) is 1.74. The largest absolute Gasteiger partial charge is 0.497 e. The summed E-state index contributed by atoms with van der Waals surface area (Å²) in [6.07, 6.45) is 0.249. The van der Waals surface area contributed by atoms with E-state index in [2.05, 4.69) is 35.4 Å². The van der Waals surface area contributed by atoms with Crippen LogP contribution in [0.25, 0.3) is 0 Å². The molecule has 2 N–H and O–H groups in total. The SMILES string of the molecule is CCN(CC)[C@@H](CNC(=O)CCNC(=O)c1ccsc1)c1cccc(OC)c1. The van der Waals surface area contributed by atoms with Crippen LogP contribution < -0.4 is 15.4 Å². The zero-order valence-corrected chi connectivity index (χ0v) is 17.6. The molecule has 0 aliphatic heterocycles. The molecule has 152 valence electrons. The van der Waals surface area contributed by atoms with Crippen LogP contribution in [-0.2, 0) is 4.79 Å². The summed E-state index contributed by atoms with van der Waals surface area (Å²) in [5, 5.41) is 9.43. The lowest BCUT2D eigenvalue weighted by Gasteiger charge is -2.30. The van der Waals surface area contributed by atoms with Gasteiger partial charge in [0.1, 0.15) is 5.75 Å².